The number of aromatic nitrogens is 9. The van der Waals surface area contributed by atoms with Crippen molar-refractivity contribution in [2.45, 2.75) is 0 Å². The maximum Gasteiger partial charge on any atom is 0.164 e. The minimum absolute atomic E-state index is 0.604. The summed E-state index contributed by atoms with van der Waals surface area (Å²) >= 11 is 0. The zero-order chi connectivity index (χ0) is 65.8. The Morgan fingerprint density at radius 2 is 0.460 bits per heavy atom. The Balaban J connectivity index is 0.703. The molecule has 0 radical (unpaired) electrons. The molecule has 0 unspecified atom stereocenters. The summed E-state index contributed by atoms with van der Waals surface area (Å²) in [5.74, 6) is 2.51. The second-order valence-corrected chi connectivity index (χ2v) is 25.5. The van der Waals surface area contributed by atoms with Gasteiger partial charge in [-0.3, -0.25) is 0 Å². The van der Waals surface area contributed by atoms with Crippen LogP contribution in [-0.2, 0) is 0 Å². The Bertz CT molecular complexity index is 6550. The molecule has 0 saturated heterocycles. The number of hydrogen-bond acceptors (Lipinski definition) is 5. The summed E-state index contributed by atoms with van der Waals surface area (Å²) in [6, 6.07) is 123. The second-order valence-electron chi connectivity index (χ2n) is 25.5. The van der Waals surface area contributed by atoms with Gasteiger partial charge in [0.25, 0.3) is 0 Å². The van der Waals surface area contributed by atoms with Crippen LogP contribution in [0, 0.1) is 0 Å². The van der Waals surface area contributed by atoms with E-state index in [0.717, 1.165) is 123 Å². The highest BCUT2D eigenvalue weighted by molar-refractivity contribution is 6.30. The molecule has 0 bridgehead atoms. The van der Waals surface area contributed by atoms with Gasteiger partial charge < -0.3 is 18.3 Å². The molecule has 0 aliphatic carbocycles. The highest BCUT2D eigenvalue weighted by atomic mass is 15.0. The summed E-state index contributed by atoms with van der Waals surface area (Å²) in [4.78, 5) is 26.0. The van der Waals surface area contributed by atoms with Gasteiger partial charge in [-0.1, -0.05) is 237 Å². The van der Waals surface area contributed by atoms with Crippen molar-refractivity contribution in [3.63, 3.8) is 0 Å². The quantitative estimate of drug-likeness (QED) is 0.129. The zero-order valence-electron chi connectivity index (χ0n) is 53.9. The minimum Gasteiger partial charge on any atom is -0.309 e. The summed E-state index contributed by atoms with van der Waals surface area (Å²) in [6.45, 7) is 0. The number of para-hydroxylation sites is 5. The monoisotopic (exact) mass is 1280 g/mol. The summed E-state index contributed by atoms with van der Waals surface area (Å²) in [7, 11) is 0. The third-order valence-electron chi connectivity index (χ3n) is 19.8. The van der Waals surface area contributed by atoms with Crippen LogP contribution in [0.25, 0.3) is 189 Å². The minimum atomic E-state index is 0.604. The lowest BCUT2D eigenvalue weighted by atomic mass is 9.99. The van der Waals surface area contributed by atoms with Gasteiger partial charge >= 0.3 is 0 Å². The van der Waals surface area contributed by atoms with Crippen LogP contribution in [0.4, 0.5) is 0 Å². The average Bonchev–Trinajstić information content (AvgIpc) is 1.55. The van der Waals surface area contributed by atoms with Crippen molar-refractivity contribution < 1.29 is 0 Å². The molecule has 0 aliphatic rings. The van der Waals surface area contributed by atoms with Crippen molar-refractivity contribution in [1.29, 1.82) is 0 Å². The smallest absolute Gasteiger partial charge is 0.164 e. The zero-order valence-corrected chi connectivity index (χ0v) is 53.9. The molecule has 20 aromatic rings. The summed E-state index contributed by atoms with van der Waals surface area (Å²) < 4.78 is 9.63. The van der Waals surface area contributed by atoms with Crippen LogP contribution in [0.3, 0.4) is 0 Å². The maximum absolute atomic E-state index is 5.36. The lowest BCUT2D eigenvalue weighted by molar-refractivity contribution is 1.07. The number of hydrogen-bond donors (Lipinski definition) is 0. The molecule has 9 nitrogen and oxygen atoms in total. The third-order valence-corrected chi connectivity index (χ3v) is 19.8. The lowest BCUT2D eigenvalue weighted by Crippen LogP contribution is -2.01. The molecule has 14 aromatic carbocycles. The van der Waals surface area contributed by atoms with E-state index in [9.17, 15) is 0 Å². The summed E-state index contributed by atoms with van der Waals surface area (Å²) in [5, 5.41) is 9.60. The maximum atomic E-state index is 5.36. The van der Waals surface area contributed by atoms with Crippen LogP contribution < -0.4 is 0 Å². The summed E-state index contributed by atoms with van der Waals surface area (Å²) in [6.07, 6.45) is 0. The number of fused-ring (bicyclic) bond motifs is 14. The standard InChI is InChI=1S/C91H57N9/c1-6-24-60(25-7-1)88-92-74(57-75(93-88)64-30-22-36-68(54-64)99-77-42-20-17-39-71(77)85-81(99)51-50-80-84(85)70-38-16-19-41-76(70)97(80)66-32-12-4-13-33-66)59-46-44-58(45-47-59)63-48-49-79-73(56-63)87-83(98(79)67-34-14-5-15-35-67)53-52-82-86(87)72-40-18-21-43-78(72)100(82)69-37-23-31-65(55-69)91-95-89(61-26-8-2-9-27-61)94-90(96-91)62-28-10-3-11-29-62/h1-57H. The molecule has 9 heteroatoms. The highest BCUT2D eigenvalue weighted by Crippen LogP contribution is 2.46. The van der Waals surface area contributed by atoms with Crippen LogP contribution in [0.15, 0.2) is 346 Å². The van der Waals surface area contributed by atoms with Crippen LogP contribution in [0.1, 0.15) is 0 Å². The van der Waals surface area contributed by atoms with Gasteiger partial charge in [-0.15, -0.1) is 0 Å². The van der Waals surface area contributed by atoms with Gasteiger partial charge in [0.05, 0.1) is 55.5 Å². The Kier molecular flexibility index (Phi) is 13.1. The molecule has 0 atom stereocenters. The van der Waals surface area contributed by atoms with E-state index in [1.807, 2.05) is 66.7 Å². The molecule has 0 fully saturated rings. The van der Waals surface area contributed by atoms with Crippen molar-refractivity contribution in [2.75, 3.05) is 0 Å². The first-order chi connectivity index (χ1) is 49.6. The molecule has 0 aliphatic heterocycles. The van der Waals surface area contributed by atoms with E-state index in [-0.39, 0.29) is 0 Å². The average molecular weight is 1280 g/mol. The molecular formula is C91H57N9. The third kappa shape index (κ3) is 9.21. The molecule has 0 saturated carbocycles. The van der Waals surface area contributed by atoms with Gasteiger partial charge in [0, 0.05) is 99.2 Å². The van der Waals surface area contributed by atoms with Crippen molar-refractivity contribution in [3.05, 3.63) is 346 Å². The predicted molar refractivity (Wildman–Crippen MR) is 411 cm³/mol. The number of nitrogens with zero attached hydrogens (tertiary/aromatic N) is 9. The van der Waals surface area contributed by atoms with Crippen LogP contribution >= 0.6 is 0 Å². The van der Waals surface area contributed by atoms with Crippen molar-refractivity contribution in [3.8, 4) is 102 Å². The molecule has 0 N–H and O–H groups in total. The Morgan fingerprint density at radius 1 is 0.160 bits per heavy atom. The highest BCUT2D eigenvalue weighted by Gasteiger charge is 2.25. The van der Waals surface area contributed by atoms with Crippen molar-refractivity contribution in [2.24, 2.45) is 0 Å². The molecule has 100 heavy (non-hydrogen) atoms. The first-order valence-electron chi connectivity index (χ1n) is 33.8. The van der Waals surface area contributed by atoms with Gasteiger partial charge in [0.1, 0.15) is 0 Å². The molecule has 0 amide bonds. The van der Waals surface area contributed by atoms with Gasteiger partial charge in [-0.2, -0.15) is 0 Å². The van der Waals surface area contributed by atoms with Crippen molar-refractivity contribution >= 4 is 87.2 Å². The van der Waals surface area contributed by atoms with Gasteiger partial charge in [0.15, 0.2) is 23.3 Å². The Hall–Kier alpha value is -13.6. The lowest BCUT2D eigenvalue weighted by Gasteiger charge is -2.13. The van der Waals surface area contributed by atoms with Crippen LogP contribution in [-0.4, -0.2) is 43.2 Å². The fraction of sp³-hybridized carbons (Fsp3) is 0. The van der Waals surface area contributed by atoms with Gasteiger partial charge in [-0.05, 0) is 120 Å². The number of rotatable bonds is 11. The van der Waals surface area contributed by atoms with E-state index in [4.69, 9.17) is 24.9 Å². The van der Waals surface area contributed by atoms with E-state index in [2.05, 4.69) is 297 Å². The summed E-state index contributed by atoms with van der Waals surface area (Å²) in [5.41, 5.74) is 22.9. The Labute approximate surface area is 574 Å². The Morgan fingerprint density at radius 3 is 0.920 bits per heavy atom. The number of benzene rings is 14. The predicted octanol–water partition coefficient (Wildman–Crippen LogP) is 22.7. The fourth-order valence-electron chi connectivity index (χ4n) is 15.4. The molecule has 0 spiro atoms. The van der Waals surface area contributed by atoms with E-state index < -0.39 is 0 Å². The second kappa shape index (κ2) is 23.0. The van der Waals surface area contributed by atoms with Crippen LogP contribution in [0.5, 0.6) is 0 Å². The SMILES string of the molecule is c1ccc(-c2nc(-c3ccc(-c4ccc5c(c4)c4c6c7ccccc7n(-c7cccc(-c8nc(-c9ccccc9)nc(-c9ccccc9)n8)c7)c6ccc4n5-c4ccccc4)cc3)cc(-c3cccc(-n4c5ccccc5c5c6c7ccccc7n(-c7ccccc7)c6ccc54)c3)n2)cc1. The molecule has 20 rings (SSSR count). The largest absolute Gasteiger partial charge is 0.309 e. The van der Waals surface area contributed by atoms with E-state index in [1.54, 1.807) is 0 Å². The molecular weight excluding hydrogens is 1220 g/mol. The topological polar surface area (TPSA) is 84.2 Å². The van der Waals surface area contributed by atoms with E-state index >= 15 is 0 Å². The van der Waals surface area contributed by atoms with Gasteiger partial charge in [-0.25, -0.2) is 24.9 Å². The normalized spacial score (nSPS) is 11.8. The van der Waals surface area contributed by atoms with E-state index in [0.29, 0.717) is 23.3 Å². The molecule has 466 valence electrons. The molecule has 6 heterocycles. The fourth-order valence-corrected chi connectivity index (χ4v) is 15.4. The molecule has 6 aromatic heterocycles. The first kappa shape index (κ1) is 56.7. The van der Waals surface area contributed by atoms with Crippen LogP contribution in [0.2, 0.25) is 0 Å². The first-order valence-corrected chi connectivity index (χ1v) is 33.8. The van der Waals surface area contributed by atoms with Gasteiger partial charge in [0.2, 0.25) is 0 Å². The van der Waals surface area contributed by atoms with E-state index in [1.165, 1.54) is 43.4 Å². The van der Waals surface area contributed by atoms with Crippen molar-refractivity contribution in [1.82, 2.24) is 43.2 Å².